The first kappa shape index (κ1) is 26.8. The van der Waals surface area contributed by atoms with E-state index in [1.807, 2.05) is 19.1 Å². The number of carbonyl (C=O) groups is 1. The van der Waals surface area contributed by atoms with Gasteiger partial charge in [-0.15, -0.1) is 0 Å². The molecule has 3 N–H and O–H groups in total. The summed E-state index contributed by atoms with van der Waals surface area (Å²) in [5.41, 5.74) is 0. The van der Waals surface area contributed by atoms with E-state index in [1.165, 1.54) is 6.08 Å². The molecule has 0 bridgehead atoms. The highest BCUT2D eigenvalue weighted by atomic mass is 19.3. The van der Waals surface area contributed by atoms with E-state index >= 15 is 0 Å². The lowest BCUT2D eigenvalue weighted by Crippen LogP contribution is -2.25. The summed E-state index contributed by atoms with van der Waals surface area (Å²) in [7, 11) is 0. The van der Waals surface area contributed by atoms with Gasteiger partial charge in [0.05, 0.1) is 6.10 Å². The van der Waals surface area contributed by atoms with Crippen LogP contribution >= 0.6 is 0 Å². The molecule has 1 aromatic rings. The van der Waals surface area contributed by atoms with E-state index in [-0.39, 0.29) is 18.9 Å². The third-order valence-electron chi connectivity index (χ3n) is 4.66. The Morgan fingerprint density at radius 1 is 1.19 bits per heavy atom. The van der Waals surface area contributed by atoms with E-state index in [1.54, 1.807) is 30.3 Å². The van der Waals surface area contributed by atoms with Gasteiger partial charge in [0.15, 0.2) is 6.61 Å². The first-order valence-electron chi connectivity index (χ1n) is 10.8. The van der Waals surface area contributed by atoms with Crippen LogP contribution in [0.3, 0.4) is 0 Å². The lowest BCUT2D eigenvalue weighted by atomic mass is 9.93. The molecule has 5 nitrogen and oxygen atoms in total. The Kier molecular flexibility index (Phi) is 13.4. The highest BCUT2D eigenvalue weighted by Crippen LogP contribution is 2.23. The fourth-order valence-corrected chi connectivity index (χ4v) is 2.96. The maximum absolute atomic E-state index is 14.2. The fourth-order valence-electron chi connectivity index (χ4n) is 2.96. The third-order valence-corrected chi connectivity index (χ3v) is 4.66. The molecule has 0 heterocycles. The summed E-state index contributed by atoms with van der Waals surface area (Å²) >= 11 is 0. The molecule has 174 valence electrons. The first-order chi connectivity index (χ1) is 14.9. The quantitative estimate of drug-likeness (QED) is 0.266. The molecule has 1 amide bonds. The maximum Gasteiger partial charge on any atom is 0.299 e. The van der Waals surface area contributed by atoms with Gasteiger partial charge in [0, 0.05) is 25.5 Å². The Morgan fingerprint density at radius 2 is 1.90 bits per heavy atom. The molecule has 0 aliphatic heterocycles. The molecule has 0 fully saturated rings. The minimum Gasteiger partial charge on any atom is -0.487 e. The summed E-state index contributed by atoms with van der Waals surface area (Å²) in [4.78, 5) is 11.4. The summed E-state index contributed by atoms with van der Waals surface area (Å²) in [6.45, 7) is 1.49. The van der Waals surface area contributed by atoms with Crippen LogP contribution in [0.5, 0.6) is 5.75 Å². The molecule has 1 rings (SSSR count). The van der Waals surface area contributed by atoms with Crippen molar-refractivity contribution in [2.24, 2.45) is 5.92 Å². The number of para-hydroxylation sites is 1. The van der Waals surface area contributed by atoms with Gasteiger partial charge in [-0.3, -0.25) is 4.79 Å². The molecule has 31 heavy (non-hydrogen) atoms. The van der Waals surface area contributed by atoms with Crippen LogP contribution in [0, 0.1) is 5.92 Å². The van der Waals surface area contributed by atoms with Crippen LogP contribution in [0.4, 0.5) is 8.78 Å². The summed E-state index contributed by atoms with van der Waals surface area (Å²) in [5, 5.41) is 22.0. The normalized spacial score (nSPS) is 14.1. The second kappa shape index (κ2) is 15.5. The largest absolute Gasteiger partial charge is 0.487 e. The van der Waals surface area contributed by atoms with Gasteiger partial charge < -0.3 is 20.3 Å². The Bertz CT molecular complexity index is 665. The minimum absolute atomic E-state index is 0.0328. The number of hydrogen-bond acceptors (Lipinski definition) is 4. The van der Waals surface area contributed by atoms with Crippen LogP contribution in [-0.4, -0.2) is 47.9 Å². The van der Waals surface area contributed by atoms with Gasteiger partial charge >= 0.3 is 0 Å². The molecular formula is C24H35F2NO4. The number of benzene rings is 1. The topological polar surface area (TPSA) is 78.8 Å². The number of alkyl halides is 2. The summed E-state index contributed by atoms with van der Waals surface area (Å²) in [6.07, 6.45) is 8.24. The summed E-state index contributed by atoms with van der Waals surface area (Å²) < 4.78 is 33.5. The molecule has 0 aromatic heterocycles. The highest BCUT2D eigenvalue weighted by Gasteiger charge is 2.27. The highest BCUT2D eigenvalue weighted by molar-refractivity contribution is 5.75. The number of halogens is 2. The lowest BCUT2D eigenvalue weighted by molar-refractivity contribution is -0.121. The van der Waals surface area contributed by atoms with Crippen molar-refractivity contribution in [2.45, 2.75) is 57.5 Å². The molecule has 0 saturated carbocycles. The maximum atomic E-state index is 14.2. The molecule has 7 heteroatoms. The first-order valence-corrected chi connectivity index (χ1v) is 10.8. The van der Waals surface area contributed by atoms with Crippen molar-refractivity contribution in [3.8, 4) is 5.75 Å². The number of carbonyl (C=O) groups excluding carboxylic acids is 1. The van der Waals surface area contributed by atoms with E-state index in [0.717, 1.165) is 18.9 Å². The van der Waals surface area contributed by atoms with E-state index in [4.69, 9.17) is 9.84 Å². The molecule has 0 saturated heterocycles. The number of unbranched alkanes of at least 4 members (excludes halogenated alkanes) is 1. The van der Waals surface area contributed by atoms with Gasteiger partial charge in [-0.1, -0.05) is 36.4 Å². The zero-order valence-corrected chi connectivity index (χ0v) is 18.2. The smallest absolute Gasteiger partial charge is 0.299 e. The molecule has 0 aliphatic rings. The number of amides is 1. The minimum atomic E-state index is -3.18. The van der Waals surface area contributed by atoms with Crippen molar-refractivity contribution < 1.29 is 28.5 Å². The molecule has 0 spiro atoms. The van der Waals surface area contributed by atoms with Crippen molar-refractivity contribution >= 4 is 5.91 Å². The van der Waals surface area contributed by atoms with Crippen LogP contribution in [0.15, 0.2) is 54.6 Å². The van der Waals surface area contributed by atoms with Gasteiger partial charge in [0.25, 0.3) is 5.92 Å². The van der Waals surface area contributed by atoms with Crippen molar-refractivity contribution in [3.63, 3.8) is 0 Å². The molecule has 2 unspecified atom stereocenters. The Labute approximate surface area is 183 Å². The van der Waals surface area contributed by atoms with Crippen LogP contribution in [-0.2, 0) is 4.79 Å². The Morgan fingerprint density at radius 3 is 2.58 bits per heavy atom. The average molecular weight is 440 g/mol. The van der Waals surface area contributed by atoms with Gasteiger partial charge in [-0.05, 0) is 57.2 Å². The molecule has 0 aliphatic carbocycles. The number of aliphatic hydroxyl groups excluding tert-OH is 2. The zero-order chi connectivity index (χ0) is 23.0. The van der Waals surface area contributed by atoms with Crippen molar-refractivity contribution in [1.82, 2.24) is 5.32 Å². The molecule has 0 radical (unpaired) electrons. The summed E-state index contributed by atoms with van der Waals surface area (Å²) in [5.74, 6) is -3.29. The van der Waals surface area contributed by atoms with Gasteiger partial charge in [-0.25, -0.2) is 0 Å². The standard InChI is InChI=1S/C24H35F2NO4/c1-2-27-23(30)14-10-5-3-4-7-11-20(22(29)16-18-28)15-17-24(25,26)19-31-21-12-8-6-9-13-21/h3-4,6,8-9,12-13,15,17,20,22,28-29H,2,5,7,10-11,14,16,18-19H2,1H3,(H,27,30). The number of ether oxygens (including phenoxy) is 1. The van der Waals surface area contributed by atoms with E-state index in [9.17, 15) is 18.7 Å². The Hall–Kier alpha value is -2.25. The number of rotatable bonds is 16. The van der Waals surface area contributed by atoms with Gasteiger partial charge in [-0.2, -0.15) is 8.78 Å². The summed E-state index contributed by atoms with van der Waals surface area (Å²) in [6, 6.07) is 8.40. The lowest BCUT2D eigenvalue weighted by Gasteiger charge is -2.20. The average Bonchev–Trinajstić information content (AvgIpc) is 2.75. The number of aliphatic hydroxyl groups is 2. The van der Waals surface area contributed by atoms with Gasteiger partial charge in [0.1, 0.15) is 5.75 Å². The van der Waals surface area contributed by atoms with Crippen LogP contribution in [0.1, 0.15) is 45.4 Å². The van der Waals surface area contributed by atoms with Crippen LogP contribution in [0.2, 0.25) is 0 Å². The molecular weight excluding hydrogens is 404 g/mol. The second-order valence-electron chi connectivity index (χ2n) is 7.36. The van der Waals surface area contributed by atoms with E-state index < -0.39 is 24.6 Å². The fraction of sp³-hybridized carbons (Fsp3) is 0.542. The van der Waals surface area contributed by atoms with Crippen molar-refractivity contribution in [2.75, 3.05) is 19.8 Å². The SMILES string of the molecule is CCNC(=O)CCCC=CCCC(C=CC(F)(F)COc1ccccc1)C(O)CCO. The Balaban J connectivity index is 2.49. The molecule has 1 aromatic carbocycles. The third kappa shape index (κ3) is 12.9. The number of allylic oxidation sites excluding steroid dienone is 2. The second-order valence-corrected chi connectivity index (χ2v) is 7.36. The monoisotopic (exact) mass is 439 g/mol. The molecule has 2 atom stereocenters. The zero-order valence-electron chi connectivity index (χ0n) is 18.2. The predicted octanol–water partition coefficient (Wildman–Crippen LogP) is 4.26. The van der Waals surface area contributed by atoms with Crippen LogP contribution < -0.4 is 10.1 Å². The van der Waals surface area contributed by atoms with Gasteiger partial charge in [0.2, 0.25) is 5.91 Å². The van der Waals surface area contributed by atoms with Crippen molar-refractivity contribution in [3.05, 3.63) is 54.6 Å². The number of hydrogen-bond donors (Lipinski definition) is 3. The van der Waals surface area contributed by atoms with E-state index in [2.05, 4.69) is 5.32 Å². The van der Waals surface area contributed by atoms with E-state index in [0.29, 0.717) is 31.6 Å². The van der Waals surface area contributed by atoms with Crippen LogP contribution in [0.25, 0.3) is 0 Å². The number of nitrogens with one attached hydrogen (secondary N) is 1. The van der Waals surface area contributed by atoms with Crippen molar-refractivity contribution in [1.29, 1.82) is 0 Å². The predicted molar refractivity (Wildman–Crippen MR) is 118 cm³/mol.